The molecule has 1 aliphatic heterocycles. The second kappa shape index (κ2) is 9.68. The molecule has 33 heavy (non-hydrogen) atoms. The van der Waals surface area contributed by atoms with Gasteiger partial charge in [-0.15, -0.1) is 0 Å². The smallest absolute Gasteiger partial charge is 0.338 e. The van der Waals surface area contributed by atoms with Crippen molar-refractivity contribution in [2.75, 3.05) is 17.2 Å². The fourth-order valence-corrected chi connectivity index (χ4v) is 3.80. The summed E-state index contributed by atoms with van der Waals surface area (Å²) in [5, 5.41) is 10.2. The van der Waals surface area contributed by atoms with Gasteiger partial charge in [-0.1, -0.05) is 43.7 Å². The van der Waals surface area contributed by atoms with Gasteiger partial charge in [-0.25, -0.2) is 9.48 Å². The molecule has 1 atom stereocenters. The third-order valence-corrected chi connectivity index (χ3v) is 5.50. The van der Waals surface area contributed by atoms with E-state index in [2.05, 4.69) is 15.7 Å². The number of carbonyl (C=O) groups excluding carboxylic acids is 3. The fraction of sp³-hybridized carbons (Fsp3) is 0.280. The highest BCUT2D eigenvalue weighted by Crippen LogP contribution is 2.38. The second-order valence-corrected chi connectivity index (χ2v) is 7.94. The second-order valence-electron chi connectivity index (χ2n) is 7.94. The first kappa shape index (κ1) is 22.3. The van der Waals surface area contributed by atoms with E-state index >= 15 is 0 Å². The van der Waals surface area contributed by atoms with Gasteiger partial charge in [0.05, 0.1) is 24.3 Å². The summed E-state index contributed by atoms with van der Waals surface area (Å²) in [7, 11) is 0. The lowest BCUT2D eigenvalue weighted by molar-refractivity contribution is -0.123. The van der Waals surface area contributed by atoms with E-state index in [4.69, 9.17) is 4.74 Å². The third-order valence-electron chi connectivity index (χ3n) is 5.50. The molecule has 0 aliphatic carbocycles. The van der Waals surface area contributed by atoms with E-state index in [1.807, 2.05) is 44.2 Å². The Morgan fingerprint density at radius 1 is 1.12 bits per heavy atom. The average Bonchev–Trinajstić information content (AvgIpc) is 3.28. The molecule has 0 saturated carbocycles. The summed E-state index contributed by atoms with van der Waals surface area (Å²) in [6.07, 6.45) is 1.71. The number of nitrogens with one attached hydrogen (secondary N) is 2. The standard InChI is InChI=1S/C25H26N4O4/c1-3-4-14-33-25(32)18-10-12-19(13-11-18)26-21(30)15-20-24(31)27-23-22(16(2)28-29(20)23)17-8-6-5-7-9-17/h5-13,20H,3-4,14-15H2,1-2H3,(H,26,30)(H,27,31). The molecule has 0 spiro atoms. The number of fused-ring (bicyclic) bond motifs is 1. The molecule has 8 heteroatoms. The van der Waals surface area contributed by atoms with Crippen LogP contribution >= 0.6 is 0 Å². The molecule has 0 bridgehead atoms. The molecule has 1 aromatic heterocycles. The molecule has 2 amide bonds. The molecule has 0 saturated heterocycles. The number of rotatable bonds is 8. The number of amides is 2. The van der Waals surface area contributed by atoms with Gasteiger partial charge in [-0.2, -0.15) is 5.10 Å². The van der Waals surface area contributed by atoms with Gasteiger partial charge in [0.2, 0.25) is 5.91 Å². The maximum absolute atomic E-state index is 12.7. The monoisotopic (exact) mass is 446 g/mol. The zero-order chi connectivity index (χ0) is 23.4. The van der Waals surface area contributed by atoms with Crippen LogP contribution < -0.4 is 10.6 Å². The molecule has 2 N–H and O–H groups in total. The molecular formula is C25H26N4O4. The van der Waals surface area contributed by atoms with E-state index in [0.717, 1.165) is 29.7 Å². The highest BCUT2D eigenvalue weighted by Gasteiger charge is 2.36. The van der Waals surface area contributed by atoms with Crippen molar-refractivity contribution in [3.63, 3.8) is 0 Å². The normalized spacial score (nSPS) is 14.5. The minimum Gasteiger partial charge on any atom is -0.462 e. The number of anilines is 2. The summed E-state index contributed by atoms with van der Waals surface area (Å²) in [4.78, 5) is 37.3. The maximum Gasteiger partial charge on any atom is 0.338 e. The number of esters is 1. The molecule has 4 rings (SSSR count). The number of benzene rings is 2. The van der Waals surface area contributed by atoms with Gasteiger partial charge in [0.1, 0.15) is 11.9 Å². The maximum atomic E-state index is 12.7. The summed E-state index contributed by atoms with van der Waals surface area (Å²) >= 11 is 0. The summed E-state index contributed by atoms with van der Waals surface area (Å²) in [5.74, 6) is -0.377. The Hall–Kier alpha value is -3.94. The third kappa shape index (κ3) is 4.79. The van der Waals surface area contributed by atoms with Gasteiger partial charge in [0.25, 0.3) is 5.91 Å². The van der Waals surface area contributed by atoms with Crippen LogP contribution in [0.15, 0.2) is 54.6 Å². The lowest BCUT2D eigenvalue weighted by Gasteiger charge is -2.10. The van der Waals surface area contributed by atoms with E-state index in [1.165, 1.54) is 0 Å². The Balaban J connectivity index is 1.42. The zero-order valence-corrected chi connectivity index (χ0v) is 18.6. The number of nitrogens with zero attached hydrogens (tertiary/aromatic N) is 2. The van der Waals surface area contributed by atoms with Gasteiger partial charge < -0.3 is 15.4 Å². The van der Waals surface area contributed by atoms with Crippen LogP contribution in [0, 0.1) is 6.92 Å². The van der Waals surface area contributed by atoms with Gasteiger partial charge in [0.15, 0.2) is 0 Å². The summed E-state index contributed by atoms with van der Waals surface area (Å²) in [6.45, 7) is 4.29. The number of carbonyl (C=O) groups is 3. The van der Waals surface area contributed by atoms with Gasteiger partial charge in [-0.05, 0) is 43.2 Å². The molecule has 3 aromatic rings. The van der Waals surface area contributed by atoms with Crippen LogP contribution in [0.25, 0.3) is 11.1 Å². The van der Waals surface area contributed by atoms with Crippen molar-refractivity contribution in [2.24, 2.45) is 0 Å². The van der Waals surface area contributed by atoms with Crippen LogP contribution in [0.3, 0.4) is 0 Å². The highest BCUT2D eigenvalue weighted by molar-refractivity contribution is 6.04. The molecule has 2 heterocycles. The summed E-state index contributed by atoms with van der Waals surface area (Å²) in [5.41, 5.74) is 3.54. The van der Waals surface area contributed by atoms with E-state index in [-0.39, 0.29) is 24.2 Å². The first-order valence-corrected chi connectivity index (χ1v) is 11.0. The van der Waals surface area contributed by atoms with Crippen molar-refractivity contribution in [1.29, 1.82) is 0 Å². The first-order valence-electron chi connectivity index (χ1n) is 11.0. The molecule has 1 aliphatic rings. The number of ether oxygens (including phenoxy) is 1. The molecule has 0 fully saturated rings. The number of aryl methyl sites for hydroxylation is 1. The van der Waals surface area contributed by atoms with E-state index in [1.54, 1.807) is 28.9 Å². The van der Waals surface area contributed by atoms with Crippen molar-refractivity contribution < 1.29 is 19.1 Å². The van der Waals surface area contributed by atoms with Crippen LogP contribution in [-0.4, -0.2) is 34.2 Å². The van der Waals surface area contributed by atoms with E-state index in [0.29, 0.717) is 23.7 Å². The number of aromatic nitrogens is 2. The van der Waals surface area contributed by atoms with Crippen LogP contribution in [0.5, 0.6) is 0 Å². The minimum atomic E-state index is -0.732. The molecule has 1 unspecified atom stereocenters. The lowest BCUT2D eigenvalue weighted by Crippen LogP contribution is -2.23. The SMILES string of the molecule is CCCCOC(=O)c1ccc(NC(=O)CC2C(=O)Nc3c(-c4ccccc4)c(C)nn32)cc1. The fourth-order valence-electron chi connectivity index (χ4n) is 3.80. The van der Waals surface area contributed by atoms with Crippen molar-refractivity contribution in [3.8, 4) is 11.1 Å². The predicted octanol–water partition coefficient (Wildman–Crippen LogP) is 4.34. The van der Waals surface area contributed by atoms with Crippen molar-refractivity contribution >= 4 is 29.3 Å². The van der Waals surface area contributed by atoms with Crippen molar-refractivity contribution in [1.82, 2.24) is 9.78 Å². The lowest BCUT2D eigenvalue weighted by atomic mass is 10.1. The molecule has 8 nitrogen and oxygen atoms in total. The summed E-state index contributed by atoms with van der Waals surface area (Å²) in [6, 6.07) is 15.5. The van der Waals surface area contributed by atoms with Crippen LogP contribution in [0.2, 0.25) is 0 Å². The van der Waals surface area contributed by atoms with E-state index < -0.39 is 6.04 Å². The van der Waals surface area contributed by atoms with Crippen molar-refractivity contribution in [2.45, 2.75) is 39.2 Å². The molecular weight excluding hydrogens is 420 g/mol. The van der Waals surface area contributed by atoms with Gasteiger partial charge >= 0.3 is 5.97 Å². The highest BCUT2D eigenvalue weighted by atomic mass is 16.5. The van der Waals surface area contributed by atoms with E-state index in [9.17, 15) is 14.4 Å². The predicted molar refractivity (Wildman–Crippen MR) is 125 cm³/mol. The zero-order valence-electron chi connectivity index (χ0n) is 18.6. The Labute approximate surface area is 191 Å². The number of hydrogen-bond acceptors (Lipinski definition) is 5. The number of hydrogen-bond donors (Lipinski definition) is 2. The largest absolute Gasteiger partial charge is 0.462 e. The topological polar surface area (TPSA) is 102 Å². The Kier molecular flexibility index (Phi) is 6.53. The quantitative estimate of drug-likeness (QED) is 0.396. The Morgan fingerprint density at radius 2 is 1.85 bits per heavy atom. The molecule has 2 aromatic carbocycles. The Morgan fingerprint density at radius 3 is 2.55 bits per heavy atom. The van der Waals surface area contributed by atoms with Crippen molar-refractivity contribution in [3.05, 3.63) is 65.9 Å². The number of unbranched alkanes of at least 4 members (excludes halogenated alkanes) is 1. The minimum absolute atomic E-state index is 0.0605. The average molecular weight is 447 g/mol. The molecule has 170 valence electrons. The Bertz CT molecular complexity index is 1170. The van der Waals surface area contributed by atoms with Crippen LogP contribution in [-0.2, 0) is 14.3 Å². The van der Waals surface area contributed by atoms with Gasteiger partial charge in [0, 0.05) is 11.3 Å². The van der Waals surface area contributed by atoms with Crippen LogP contribution in [0.1, 0.15) is 48.3 Å². The summed E-state index contributed by atoms with van der Waals surface area (Å²) < 4.78 is 6.78. The van der Waals surface area contributed by atoms with Gasteiger partial charge in [-0.3, -0.25) is 9.59 Å². The first-order chi connectivity index (χ1) is 16.0. The van der Waals surface area contributed by atoms with Crippen LogP contribution in [0.4, 0.5) is 11.5 Å². The molecule has 0 radical (unpaired) electrons.